The van der Waals surface area contributed by atoms with Crippen molar-refractivity contribution in [1.82, 2.24) is 0 Å². The SMILES string of the molecule is C=C[C@H](O)C#CC#CC[C@@H](O)[C@H](CCCCCCC)OC. The lowest BCUT2D eigenvalue weighted by Gasteiger charge is -2.19. The van der Waals surface area contributed by atoms with Gasteiger partial charge in [-0.15, -0.1) is 0 Å². The summed E-state index contributed by atoms with van der Waals surface area (Å²) in [5.74, 6) is 10.4. The Balaban J connectivity index is 4.03. The molecule has 2 N–H and O–H groups in total. The van der Waals surface area contributed by atoms with E-state index in [0.717, 1.165) is 12.8 Å². The van der Waals surface area contributed by atoms with E-state index in [0.29, 0.717) is 6.42 Å². The third-order valence-electron chi connectivity index (χ3n) is 3.23. The van der Waals surface area contributed by atoms with Crippen molar-refractivity contribution in [2.45, 2.75) is 70.2 Å². The minimum absolute atomic E-state index is 0.173. The molecular weight excluding hydrogens is 264 g/mol. The van der Waals surface area contributed by atoms with Crippen LogP contribution in [0.1, 0.15) is 51.9 Å². The first-order valence-electron chi connectivity index (χ1n) is 7.65. The Morgan fingerprint density at radius 2 is 1.86 bits per heavy atom. The molecule has 0 spiro atoms. The molecule has 0 aliphatic rings. The van der Waals surface area contributed by atoms with Crippen LogP contribution in [-0.4, -0.2) is 35.6 Å². The Morgan fingerprint density at radius 3 is 2.48 bits per heavy atom. The van der Waals surface area contributed by atoms with Crippen molar-refractivity contribution >= 4 is 0 Å². The highest BCUT2D eigenvalue weighted by Crippen LogP contribution is 2.13. The van der Waals surface area contributed by atoms with Crippen LogP contribution in [-0.2, 0) is 4.74 Å². The topological polar surface area (TPSA) is 49.7 Å². The van der Waals surface area contributed by atoms with Crippen LogP contribution in [0.15, 0.2) is 12.7 Å². The van der Waals surface area contributed by atoms with Gasteiger partial charge in [0.15, 0.2) is 0 Å². The first-order chi connectivity index (χ1) is 10.2. The van der Waals surface area contributed by atoms with Gasteiger partial charge in [0.25, 0.3) is 0 Å². The lowest BCUT2D eigenvalue weighted by atomic mass is 10.0. The van der Waals surface area contributed by atoms with E-state index in [-0.39, 0.29) is 6.10 Å². The van der Waals surface area contributed by atoms with E-state index >= 15 is 0 Å². The molecule has 21 heavy (non-hydrogen) atoms. The summed E-state index contributed by atoms with van der Waals surface area (Å²) in [6.07, 6.45) is 6.87. The van der Waals surface area contributed by atoms with Crippen molar-refractivity contribution in [3.8, 4) is 23.7 Å². The Bertz CT molecular complexity index is 381. The van der Waals surface area contributed by atoms with E-state index in [2.05, 4.69) is 37.2 Å². The predicted octanol–water partition coefficient (Wildman–Crippen LogP) is 2.67. The summed E-state index contributed by atoms with van der Waals surface area (Å²) in [4.78, 5) is 0. The monoisotopic (exact) mass is 292 g/mol. The van der Waals surface area contributed by atoms with Crippen LogP contribution in [0.25, 0.3) is 0 Å². The molecule has 0 amide bonds. The molecule has 0 aliphatic heterocycles. The van der Waals surface area contributed by atoms with Crippen LogP contribution in [0.5, 0.6) is 0 Å². The van der Waals surface area contributed by atoms with Gasteiger partial charge in [-0.25, -0.2) is 0 Å². The summed E-state index contributed by atoms with van der Waals surface area (Å²) in [6.45, 7) is 5.60. The first-order valence-corrected chi connectivity index (χ1v) is 7.65. The molecule has 0 aromatic carbocycles. The van der Waals surface area contributed by atoms with Crippen molar-refractivity contribution in [3.05, 3.63) is 12.7 Å². The fourth-order valence-corrected chi connectivity index (χ4v) is 1.92. The number of hydrogen-bond acceptors (Lipinski definition) is 3. The molecule has 0 saturated heterocycles. The molecule has 118 valence electrons. The summed E-state index contributed by atoms with van der Waals surface area (Å²) in [5, 5.41) is 19.1. The van der Waals surface area contributed by atoms with E-state index in [1.807, 2.05) is 0 Å². The molecule has 3 atom stereocenters. The Morgan fingerprint density at radius 1 is 1.14 bits per heavy atom. The summed E-state index contributed by atoms with van der Waals surface area (Å²) in [6, 6.07) is 0. The van der Waals surface area contributed by atoms with Gasteiger partial charge in [-0.3, -0.25) is 0 Å². The van der Waals surface area contributed by atoms with Crippen LogP contribution in [0, 0.1) is 23.7 Å². The molecule has 0 unspecified atom stereocenters. The van der Waals surface area contributed by atoms with Crippen molar-refractivity contribution in [2.24, 2.45) is 0 Å². The molecule has 0 aromatic rings. The van der Waals surface area contributed by atoms with Gasteiger partial charge >= 0.3 is 0 Å². The quantitative estimate of drug-likeness (QED) is 0.370. The second-order valence-corrected chi connectivity index (χ2v) is 5.00. The predicted molar refractivity (Wildman–Crippen MR) is 86.6 cm³/mol. The number of hydrogen-bond donors (Lipinski definition) is 2. The molecule has 3 nitrogen and oxygen atoms in total. The molecule has 0 aromatic heterocycles. The van der Waals surface area contributed by atoms with Gasteiger partial charge in [0.2, 0.25) is 0 Å². The minimum atomic E-state index is -0.848. The second kappa shape index (κ2) is 13.7. The largest absolute Gasteiger partial charge is 0.389 e. The van der Waals surface area contributed by atoms with Gasteiger partial charge in [0, 0.05) is 13.5 Å². The Labute approximate surface area is 129 Å². The zero-order valence-corrected chi connectivity index (χ0v) is 13.3. The van der Waals surface area contributed by atoms with E-state index < -0.39 is 12.2 Å². The van der Waals surface area contributed by atoms with Crippen molar-refractivity contribution in [3.63, 3.8) is 0 Å². The lowest BCUT2D eigenvalue weighted by Crippen LogP contribution is -2.27. The highest BCUT2D eigenvalue weighted by atomic mass is 16.5. The minimum Gasteiger partial charge on any atom is -0.389 e. The van der Waals surface area contributed by atoms with Crippen LogP contribution in [0.3, 0.4) is 0 Å². The number of ether oxygens (including phenoxy) is 1. The molecule has 0 saturated carbocycles. The molecule has 0 aliphatic carbocycles. The maximum Gasteiger partial charge on any atom is 0.134 e. The number of rotatable bonds is 10. The van der Waals surface area contributed by atoms with Gasteiger partial charge in [-0.1, -0.05) is 63.5 Å². The third kappa shape index (κ3) is 11.1. The molecule has 0 bridgehead atoms. The molecule has 0 rings (SSSR count). The van der Waals surface area contributed by atoms with E-state index in [4.69, 9.17) is 9.84 Å². The van der Waals surface area contributed by atoms with Gasteiger partial charge in [-0.05, 0) is 18.3 Å². The average Bonchev–Trinajstić information content (AvgIpc) is 2.50. The number of aliphatic hydroxyl groups excluding tert-OH is 2. The van der Waals surface area contributed by atoms with Crippen LogP contribution in [0.4, 0.5) is 0 Å². The second-order valence-electron chi connectivity index (χ2n) is 5.00. The smallest absolute Gasteiger partial charge is 0.134 e. The zero-order chi connectivity index (χ0) is 15.9. The normalized spacial score (nSPS) is 14.1. The summed E-state index contributed by atoms with van der Waals surface area (Å²) in [5.41, 5.74) is 0. The highest BCUT2D eigenvalue weighted by Gasteiger charge is 2.16. The van der Waals surface area contributed by atoms with Gasteiger partial charge in [0.1, 0.15) is 6.10 Å². The summed E-state index contributed by atoms with van der Waals surface area (Å²) < 4.78 is 5.32. The fourth-order valence-electron chi connectivity index (χ4n) is 1.92. The highest BCUT2D eigenvalue weighted by molar-refractivity contribution is 5.28. The molecule has 3 heteroatoms. The maximum atomic E-state index is 10.0. The standard InChI is InChI=1S/C18H28O3/c1-4-6-7-8-12-15-18(21-3)17(20)14-11-9-10-13-16(19)5-2/h5,16-20H,2,4,6-8,12,14-15H2,1,3H3/t16-,17+,18-/m0/s1. The first kappa shape index (κ1) is 19.7. The molecular formula is C18H28O3. The Kier molecular flexibility index (Phi) is 12.9. The number of unbranched alkanes of at least 4 members (excludes halogenated alkanes) is 4. The van der Waals surface area contributed by atoms with Crippen molar-refractivity contribution in [2.75, 3.05) is 7.11 Å². The maximum absolute atomic E-state index is 10.0. The van der Waals surface area contributed by atoms with E-state index in [1.165, 1.54) is 31.8 Å². The average molecular weight is 292 g/mol. The molecule has 0 radical (unpaired) electrons. The summed E-state index contributed by atoms with van der Waals surface area (Å²) >= 11 is 0. The molecule has 0 heterocycles. The van der Waals surface area contributed by atoms with E-state index in [1.54, 1.807) is 7.11 Å². The van der Waals surface area contributed by atoms with E-state index in [9.17, 15) is 5.11 Å². The van der Waals surface area contributed by atoms with Crippen LogP contribution >= 0.6 is 0 Å². The van der Waals surface area contributed by atoms with Gasteiger partial charge in [-0.2, -0.15) is 0 Å². The third-order valence-corrected chi connectivity index (χ3v) is 3.23. The van der Waals surface area contributed by atoms with Gasteiger partial charge in [0.05, 0.1) is 12.2 Å². The van der Waals surface area contributed by atoms with Crippen molar-refractivity contribution < 1.29 is 14.9 Å². The zero-order valence-electron chi connectivity index (χ0n) is 13.3. The number of aliphatic hydroxyl groups is 2. The van der Waals surface area contributed by atoms with Crippen LogP contribution in [0.2, 0.25) is 0 Å². The van der Waals surface area contributed by atoms with Crippen molar-refractivity contribution in [1.29, 1.82) is 0 Å². The summed E-state index contributed by atoms with van der Waals surface area (Å²) in [7, 11) is 1.62. The number of methoxy groups -OCH3 is 1. The van der Waals surface area contributed by atoms with Gasteiger partial charge < -0.3 is 14.9 Å². The fraction of sp³-hybridized carbons (Fsp3) is 0.667. The lowest BCUT2D eigenvalue weighted by molar-refractivity contribution is -0.0146. The molecule has 0 fully saturated rings. The Hall–Kier alpha value is -1.26. The van der Waals surface area contributed by atoms with Crippen LogP contribution < -0.4 is 0 Å².